The van der Waals surface area contributed by atoms with Crippen LogP contribution < -0.4 is 0 Å². The molecule has 0 radical (unpaired) electrons. The lowest BCUT2D eigenvalue weighted by atomic mass is 10.1. The second kappa shape index (κ2) is 11.8. The molecule has 0 bridgehead atoms. The van der Waals surface area contributed by atoms with Crippen LogP contribution in [-0.2, 0) is 14.3 Å². The number of carboxylic acid groups (broad SMARTS) is 1. The Morgan fingerprint density at radius 2 is 2.21 bits per heavy atom. The fourth-order valence-electron chi connectivity index (χ4n) is 2.62. The first-order valence-corrected chi connectivity index (χ1v) is 8.65. The Kier molecular flexibility index (Phi) is 10.0. The van der Waals surface area contributed by atoms with E-state index >= 15 is 0 Å². The van der Waals surface area contributed by atoms with Crippen LogP contribution in [0.15, 0.2) is 24.3 Å². The Morgan fingerprint density at radius 3 is 2.92 bits per heavy atom. The molecule has 0 aromatic rings. The van der Waals surface area contributed by atoms with E-state index in [1.807, 2.05) is 12.2 Å². The molecule has 1 amide bonds. The van der Waals surface area contributed by atoms with E-state index in [1.54, 1.807) is 17.1 Å². The van der Waals surface area contributed by atoms with Crippen molar-refractivity contribution < 1.29 is 24.5 Å². The average Bonchev–Trinajstić information content (AvgIpc) is 2.89. The van der Waals surface area contributed by atoms with E-state index in [0.717, 1.165) is 32.1 Å². The largest absolute Gasteiger partial charge is 0.480 e. The predicted molar refractivity (Wildman–Crippen MR) is 91.6 cm³/mol. The normalized spacial score (nSPS) is 19.7. The monoisotopic (exact) mass is 339 g/mol. The minimum absolute atomic E-state index is 0.0166. The molecule has 0 saturated carbocycles. The lowest BCUT2D eigenvalue weighted by Gasteiger charge is -2.21. The van der Waals surface area contributed by atoms with Crippen molar-refractivity contribution in [1.82, 2.24) is 4.90 Å². The molecule has 136 valence electrons. The fourth-order valence-corrected chi connectivity index (χ4v) is 2.62. The van der Waals surface area contributed by atoms with Gasteiger partial charge in [0, 0.05) is 13.0 Å². The molecule has 0 aromatic heterocycles. The predicted octanol–water partition coefficient (Wildman–Crippen LogP) is 2.13. The summed E-state index contributed by atoms with van der Waals surface area (Å²) in [7, 11) is 0. The molecule has 24 heavy (non-hydrogen) atoms. The summed E-state index contributed by atoms with van der Waals surface area (Å²) in [5, 5.41) is 18.4. The summed E-state index contributed by atoms with van der Waals surface area (Å²) in [6, 6.07) is 0.0166. The van der Waals surface area contributed by atoms with E-state index in [9.17, 15) is 14.7 Å². The first-order chi connectivity index (χ1) is 11.5. The Labute approximate surface area is 143 Å². The number of amides is 1. The molecule has 6 nitrogen and oxygen atoms in total. The van der Waals surface area contributed by atoms with Crippen molar-refractivity contribution in [1.29, 1.82) is 0 Å². The number of carbonyl (C=O) groups is 2. The highest BCUT2D eigenvalue weighted by Crippen LogP contribution is 2.20. The smallest absolute Gasteiger partial charge is 0.329 e. The van der Waals surface area contributed by atoms with Gasteiger partial charge in [0.25, 0.3) is 0 Å². The summed E-state index contributed by atoms with van der Waals surface area (Å²) in [5.74, 6) is -0.901. The van der Waals surface area contributed by atoms with Crippen molar-refractivity contribution in [2.45, 2.75) is 57.6 Å². The van der Waals surface area contributed by atoms with Crippen LogP contribution >= 0.6 is 0 Å². The minimum atomic E-state index is -0.999. The molecule has 1 rings (SSSR count). The number of unbranched alkanes of at least 4 members (excludes halogenated alkanes) is 2. The van der Waals surface area contributed by atoms with Gasteiger partial charge in [0.15, 0.2) is 0 Å². The lowest BCUT2D eigenvalue weighted by Crippen LogP contribution is -2.32. The van der Waals surface area contributed by atoms with Gasteiger partial charge < -0.3 is 19.8 Å². The van der Waals surface area contributed by atoms with Gasteiger partial charge in [-0.25, -0.2) is 4.79 Å². The Bertz CT molecular complexity index is 447. The van der Waals surface area contributed by atoms with Gasteiger partial charge in [-0.3, -0.25) is 4.79 Å². The van der Waals surface area contributed by atoms with E-state index < -0.39 is 12.1 Å². The van der Waals surface area contributed by atoms with Crippen LogP contribution in [0.4, 0.5) is 0 Å². The topological polar surface area (TPSA) is 87.1 Å². The number of likely N-dealkylation sites (tertiary alicyclic amines) is 1. The summed E-state index contributed by atoms with van der Waals surface area (Å²) in [5.41, 5.74) is 0. The highest BCUT2D eigenvalue weighted by atomic mass is 16.5. The highest BCUT2D eigenvalue weighted by molar-refractivity contribution is 5.79. The molecule has 1 unspecified atom stereocenters. The number of hydrogen-bond donors (Lipinski definition) is 2. The minimum Gasteiger partial charge on any atom is -0.480 e. The van der Waals surface area contributed by atoms with Crippen LogP contribution in [0.1, 0.15) is 45.4 Å². The SMILES string of the molecule is CCCCCC(O)/C=C/[C@H]1CCC(=O)N1C/C=C\COCC(=O)O. The lowest BCUT2D eigenvalue weighted by molar-refractivity contribution is -0.141. The quantitative estimate of drug-likeness (QED) is 0.420. The molecule has 0 aromatic carbocycles. The molecule has 0 aliphatic carbocycles. The molecule has 2 atom stereocenters. The third kappa shape index (κ3) is 8.26. The van der Waals surface area contributed by atoms with Crippen molar-refractivity contribution >= 4 is 11.9 Å². The number of aliphatic hydroxyl groups excluding tert-OH is 1. The molecule has 2 N–H and O–H groups in total. The van der Waals surface area contributed by atoms with Crippen LogP contribution in [0.3, 0.4) is 0 Å². The molecule has 1 aliphatic heterocycles. The van der Waals surface area contributed by atoms with E-state index in [0.29, 0.717) is 13.0 Å². The van der Waals surface area contributed by atoms with Crippen LogP contribution in [0.25, 0.3) is 0 Å². The van der Waals surface area contributed by atoms with Gasteiger partial charge >= 0.3 is 5.97 Å². The number of ether oxygens (including phenoxy) is 1. The Balaban J connectivity index is 2.37. The number of rotatable bonds is 12. The average molecular weight is 339 g/mol. The first-order valence-electron chi connectivity index (χ1n) is 8.65. The summed E-state index contributed by atoms with van der Waals surface area (Å²) in [6.07, 6.45) is 12.1. The molecule has 1 saturated heterocycles. The van der Waals surface area contributed by atoms with Crippen LogP contribution in [0.5, 0.6) is 0 Å². The second-order valence-corrected chi connectivity index (χ2v) is 5.98. The van der Waals surface area contributed by atoms with Gasteiger partial charge in [-0.2, -0.15) is 0 Å². The van der Waals surface area contributed by atoms with Gasteiger partial charge in [-0.1, -0.05) is 50.5 Å². The summed E-state index contributed by atoms with van der Waals surface area (Å²) < 4.78 is 4.90. The van der Waals surface area contributed by atoms with Crippen LogP contribution in [0.2, 0.25) is 0 Å². The molecule has 1 fully saturated rings. The van der Waals surface area contributed by atoms with Crippen LogP contribution in [0, 0.1) is 0 Å². The van der Waals surface area contributed by atoms with Gasteiger partial charge in [0.2, 0.25) is 5.91 Å². The van der Waals surface area contributed by atoms with Crippen molar-refractivity contribution in [2.24, 2.45) is 0 Å². The number of hydrogen-bond acceptors (Lipinski definition) is 4. The Hall–Kier alpha value is -1.66. The molecular weight excluding hydrogens is 310 g/mol. The summed E-state index contributed by atoms with van der Waals surface area (Å²) in [4.78, 5) is 24.0. The maximum atomic E-state index is 11.9. The molecule has 0 spiro atoms. The van der Waals surface area contributed by atoms with Gasteiger partial charge in [0.1, 0.15) is 6.61 Å². The summed E-state index contributed by atoms with van der Waals surface area (Å²) in [6.45, 7) is 2.49. The molecular formula is C18H29NO5. The number of carboxylic acids is 1. The zero-order valence-corrected chi connectivity index (χ0v) is 14.4. The van der Waals surface area contributed by atoms with E-state index in [1.165, 1.54) is 0 Å². The maximum Gasteiger partial charge on any atom is 0.329 e. The van der Waals surface area contributed by atoms with Gasteiger partial charge in [0.05, 0.1) is 18.8 Å². The first kappa shape index (κ1) is 20.4. The molecule has 1 heterocycles. The maximum absolute atomic E-state index is 11.9. The van der Waals surface area contributed by atoms with E-state index in [2.05, 4.69) is 6.92 Å². The van der Waals surface area contributed by atoms with Crippen molar-refractivity contribution in [2.75, 3.05) is 19.8 Å². The fraction of sp³-hybridized carbons (Fsp3) is 0.667. The van der Waals surface area contributed by atoms with Crippen molar-refractivity contribution in [3.63, 3.8) is 0 Å². The van der Waals surface area contributed by atoms with Crippen LogP contribution in [-0.4, -0.2) is 58.9 Å². The zero-order valence-electron chi connectivity index (χ0n) is 14.4. The van der Waals surface area contributed by atoms with Gasteiger partial charge in [-0.15, -0.1) is 0 Å². The summed E-state index contributed by atoms with van der Waals surface area (Å²) >= 11 is 0. The molecule has 1 aliphatic rings. The third-order valence-corrected chi connectivity index (χ3v) is 3.94. The van der Waals surface area contributed by atoms with E-state index in [-0.39, 0.29) is 25.2 Å². The highest BCUT2D eigenvalue weighted by Gasteiger charge is 2.27. The molecule has 6 heteroatoms. The zero-order chi connectivity index (χ0) is 17.8. The van der Waals surface area contributed by atoms with Crippen molar-refractivity contribution in [3.8, 4) is 0 Å². The number of carbonyl (C=O) groups excluding carboxylic acids is 1. The number of aliphatic carboxylic acids is 1. The standard InChI is InChI=1S/C18H29NO5/c1-2-3-4-7-16(20)10-8-15-9-11-17(21)19(15)12-5-6-13-24-14-18(22)23/h5-6,8,10,15-16,20H,2-4,7,9,11-14H2,1H3,(H,22,23)/b6-5-,10-8+/t15-,16?/m0/s1. The van der Waals surface area contributed by atoms with E-state index in [4.69, 9.17) is 9.84 Å². The number of aliphatic hydroxyl groups is 1. The van der Waals surface area contributed by atoms with Gasteiger partial charge in [-0.05, 0) is 12.8 Å². The second-order valence-electron chi connectivity index (χ2n) is 5.98. The third-order valence-electron chi connectivity index (χ3n) is 3.94. The number of nitrogens with zero attached hydrogens (tertiary/aromatic N) is 1. The Morgan fingerprint density at radius 1 is 1.42 bits per heavy atom. The van der Waals surface area contributed by atoms with Crippen molar-refractivity contribution in [3.05, 3.63) is 24.3 Å².